The zero-order valence-corrected chi connectivity index (χ0v) is 22.0. The Morgan fingerprint density at radius 2 is 1.64 bits per heavy atom. The summed E-state index contributed by atoms with van der Waals surface area (Å²) in [5, 5.41) is 3.10. The zero-order chi connectivity index (χ0) is 25.5. The van der Waals surface area contributed by atoms with E-state index in [1.54, 1.807) is 14.2 Å². The van der Waals surface area contributed by atoms with E-state index in [4.69, 9.17) is 9.47 Å². The standard InChI is InChI=1S/C31H38N2O3/c1-5-24-13-12-23(16-25(24)6-2)17-28-27-19-30(36-4)29(35-3)18-26(27)14-15-33(28)21-31(34)32-20-22-10-8-7-9-11-22/h7-13,16,18-19,28H,5-6,14-15,17,20-21H2,1-4H3,(H,32,34). The Labute approximate surface area is 215 Å². The minimum atomic E-state index is 0.0448. The van der Waals surface area contributed by atoms with Crippen molar-refractivity contribution in [3.8, 4) is 11.5 Å². The fraction of sp³-hybridized carbons (Fsp3) is 0.387. The SMILES string of the molecule is CCc1ccc(CC2c3cc(OC)c(OC)cc3CCN2CC(=O)NCc2ccccc2)cc1CC. The summed E-state index contributed by atoms with van der Waals surface area (Å²) in [6.45, 7) is 6.15. The first-order valence-electron chi connectivity index (χ1n) is 13.0. The van der Waals surface area contributed by atoms with Crippen LogP contribution in [0.5, 0.6) is 11.5 Å². The number of amides is 1. The highest BCUT2D eigenvalue weighted by molar-refractivity contribution is 5.78. The topological polar surface area (TPSA) is 50.8 Å². The van der Waals surface area contributed by atoms with Gasteiger partial charge in [0, 0.05) is 19.1 Å². The number of aryl methyl sites for hydroxylation is 2. The first kappa shape index (κ1) is 25.8. The lowest BCUT2D eigenvalue weighted by Gasteiger charge is -2.37. The summed E-state index contributed by atoms with van der Waals surface area (Å²) >= 11 is 0. The van der Waals surface area contributed by atoms with E-state index in [1.165, 1.54) is 27.8 Å². The van der Waals surface area contributed by atoms with Crippen LogP contribution in [-0.4, -0.2) is 38.1 Å². The molecule has 190 valence electrons. The summed E-state index contributed by atoms with van der Waals surface area (Å²) in [6.07, 6.45) is 3.77. The number of rotatable bonds is 10. The molecule has 0 saturated carbocycles. The van der Waals surface area contributed by atoms with Crippen LogP contribution >= 0.6 is 0 Å². The Balaban J connectivity index is 1.61. The van der Waals surface area contributed by atoms with E-state index in [-0.39, 0.29) is 11.9 Å². The van der Waals surface area contributed by atoms with Crippen LogP contribution in [0.25, 0.3) is 0 Å². The van der Waals surface area contributed by atoms with Crippen LogP contribution in [0.4, 0.5) is 0 Å². The highest BCUT2D eigenvalue weighted by Crippen LogP contribution is 2.39. The number of hydrogen-bond donors (Lipinski definition) is 1. The first-order chi connectivity index (χ1) is 17.6. The molecule has 1 aliphatic heterocycles. The first-order valence-corrected chi connectivity index (χ1v) is 13.0. The van der Waals surface area contributed by atoms with Gasteiger partial charge in [0.25, 0.3) is 0 Å². The van der Waals surface area contributed by atoms with Crippen LogP contribution in [0, 0.1) is 0 Å². The maximum absolute atomic E-state index is 13.0. The molecule has 1 heterocycles. The fourth-order valence-corrected chi connectivity index (χ4v) is 5.25. The molecule has 0 spiro atoms. The molecule has 1 aliphatic rings. The molecule has 5 nitrogen and oxygen atoms in total. The van der Waals surface area contributed by atoms with Crippen molar-refractivity contribution >= 4 is 5.91 Å². The lowest BCUT2D eigenvalue weighted by Crippen LogP contribution is -2.43. The largest absolute Gasteiger partial charge is 0.493 e. The lowest BCUT2D eigenvalue weighted by molar-refractivity contribution is -0.123. The van der Waals surface area contributed by atoms with Gasteiger partial charge in [-0.3, -0.25) is 9.69 Å². The van der Waals surface area contributed by atoms with Gasteiger partial charge in [0.15, 0.2) is 11.5 Å². The summed E-state index contributed by atoms with van der Waals surface area (Å²) in [4.78, 5) is 15.3. The molecule has 4 rings (SSSR count). The Morgan fingerprint density at radius 3 is 2.33 bits per heavy atom. The smallest absolute Gasteiger partial charge is 0.234 e. The van der Waals surface area contributed by atoms with Crippen molar-refractivity contribution in [1.82, 2.24) is 10.2 Å². The minimum absolute atomic E-state index is 0.0448. The molecule has 3 aromatic carbocycles. The maximum Gasteiger partial charge on any atom is 0.234 e. The van der Waals surface area contributed by atoms with E-state index in [0.717, 1.165) is 49.3 Å². The van der Waals surface area contributed by atoms with Crippen LogP contribution in [-0.2, 0) is 37.0 Å². The summed E-state index contributed by atoms with van der Waals surface area (Å²) in [7, 11) is 3.35. The molecule has 36 heavy (non-hydrogen) atoms. The number of nitrogens with zero attached hydrogens (tertiary/aromatic N) is 1. The van der Waals surface area contributed by atoms with Gasteiger partial charge in [0.2, 0.25) is 5.91 Å². The predicted octanol–water partition coefficient (Wildman–Crippen LogP) is 5.29. The molecule has 5 heteroatoms. The van der Waals surface area contributed by atoms with E-state index in [2.05, 4.69) is 54.4 Å². The van der Waals surface area contributed by atoms with Gasteiger partial charge < -0.3 is 14.8 Å². The highest BCUT2D eigenvalue weighted by atomic mass is 16.5. The average Bonchev–Trinajstić information content (AvgIpc) is 2.92. The van der Waals surface area contributed by atoms with Gasteiger partial charge in [-0.1, -0.05) is 62.4 Å². The van der Waals surface area contributed by atoms with Gasteiger partial charge in [-0.05, 0) is 71.2 Å². The fourth-order valence-electron chi connectivity index (χ4n) is 5.25. The van der Waals surface area contributed by atoms with Crippen LogP contribution in [0.1, 0.15) is 53.3 Å². The van der Waals surface area contributed by atoms with Crippen LogP contribution in [0.2, 0.25) is 0 Å². The van der Waals surface area contributed by atoms with Crippen molar-refractivity contribution in [2.24, 2.45) is 0 Å². The molecule has 1 amide bonds. The van der Waals surface area contributed by atoms with Gasteiger partial charge in [-0.25, -0.2) is 0 Å². The van der Waals surface area contributed by atoms with Crippen LogP contribution in [0.15, 0.2) is 60.7 Å². The predicted molar refractivity (Wildman–Crippen MR) is 145 cm³/mol. The molecule has 0 saturated heterocycles. The van der Waals surface area contributed by atoms with Gasteiger partial charge in [0.1, 0.15) is 0 Å². The Morgan fingerprint density at radius 1 is 0.917 bits per heavy atom. The lowest BCUT2D eigenvalue weighted by atomic mass is 9.87. The number of nitrogens with one attached hydrogen (secondary N) is 1. The molecular weight excluding hydrogens is 448 g/mol. The second-order valence-corrected chi connectivity index (χ2v) is 9.42. The molecule has 0 bridgehead atoms. The third-order valence-corrected chi connectivity index (χ3v) is 7.25. The Hall–Kier alpha value is -3.31. The van der Waals surface area contributed by atoms with Crippen molar-refractivity contribution in [1.29, 1.82) is 0 Å². The molecule has 0 aliphatic carbocycles. The number of hydrogen-bond acceptors (Lipinski definition) is 4. The minimum Gasteiger partial charge on any atom is -0.493 e. The Kier molecular flexibility index (Phi) is 8.65. The normalized spacial score (nSPS) is 15.3. The maximum atomic E-state index is 13.0. The summed E-state index contributed by atoms with van der Waals surface area (Å²) in [6, 6.07) is 21.2. The van der Waals surface area contributed by atoms with E-state index in [1.807, 2.05) is 30.3 Å². The number of ether oxygens (including phenoxy) is 2. The molecular formula is C31H38N2O3. The number of benzene rings is 3. The molecule has 0 radical (unpaired) electrons. The monoisotopic (exact) mass is 486 g/mol. The van der Waals surface area contributed by atoms with E-state index >= 15 is 0 Å². The van der Waals surface area contributed by atoms with Crippen molar-refractivity contribution in [3.63, 3.8) is 0 Å². The van der Waals surface area contributed by atoms with Gasteiger partial charge in [-0.15, -0.1) is 0 Å². The molecule has 0 aromatic heterocycles. The second-order valence-electron chi connectivity index (χ2n) is 9.42. The molecule has 0 fully saturated rings. The van der Waals surface area contributed by atoms with Crippen LogP contribution < -0.4 is 14.8 Å². The number of carbonyl (C=O) groups is 1. The van der Waals surface area contributed by atoms with Crippen molar-refractivity contribution in [3.05, 3.63) is 94.0 Å². The summed E-state index contributed by atoms with van der Waals surface area (Å²) in [5.41, 5.74) is 7.70. The third kappa shape index (κ3) is 5.90. The van der Waals surface area contributed by atoms with Gasteiger partial charge >= 0.3 is 0 Å². The molecule has 1 unspecified atom stereocenters. The number of carbonyl (C=O) groups excluding carboxylic acids is 1. The molecule has 1 N–H and O–H groups in total. The summed E-state index contributed by atoms with van der Waals surface area (Å²) in [5.74, 6) is 1.53. The second kappa shape index (κ2) is 12.1. The number of fused-ring (bicyclic) bond motifs is 1. The average molecular weight is 487 g/mol. The van der Waals surface area contributed by atoms with Crippen molar-refractivity contribution in [2.75, 3.05) is 27.3 Å². The van der Waals surface area contributed by atoms with Gasteiger partial charge in [0.05, 0.1) is 20.8 Å². The third-order valence-electron chi connectivity index (χ3n) is 7.25. The van der Waals surface area contributed by atoms with Crippen LogP contribution in [0.3, 0.4) is 0 Å². The summed E-state index contributed by atoms with van der Waals surface area (Å²) < 4.78 is 11.2. The quantitative estimate of drug-likeness (QED) is 0.423. The van der Waals surface area contributed by atoms with Crippen molar-refractivity contribution < 1.29 is 14.3 Å². The van der Waals surface area contributed by atoms with Crippen molar-refractivity contribution in [2.45, 2.75) is 52.1 Å². The van der Waals surface area contributed by atoms with E-state index in [9.17, 15) is 4.79 Å². The highest BCUT2D eigenvalue weighted by Gasteiger charge is 2.30. The molecule has 3 aromatic rings. The van der Waals surface area contributed by atoms with E-state index < -0.39 is 0 Å². The molecule has 1 atom stereocenters. The van der Waals surface area contributed by atoms with Gasteiger partial charge in [-0.2, -0.15) is 0 Å². The van der Waals surface area contributed by atoms with E-state index in [0.29, 0.717) is 13.1 Å². The zero-order valence-electron chi connectivity index (χ0n) is 22.0. The number of methoxy groups -OCH3 is 2. The Bertz CT molecular complexity index is 1180.